The molecule has 1 aromatic carbocycles. The van der Waals surface area contributed by atoms with E-state index < -0.39 is 53.6 Å². The molecule has 2 aromatic rings. The van der Waals surface area contributed by atoms with Crippen LogP contribution in [0.3, 0.4) is 0 Å². The largest absolute Gasteiger partial charge is 0.573 e. The fourth-order valence-corrected chi connectivity index (χ4v) is 4.35. The number of hydrogen-bond donors (Lipinski definition) is 1. The number of rotatable bonds is 8. The fourth-order valence-electron chi connectivity index (χ4n) is 4.25. The zero-order chi connectivity index (χ0) is 29.0. The standard InChI is InChI=1S/C23H22ClF7N4O4/c1-21(13-10-32-12-33-11-13,20(37)34-14-2-6-16(7-3-14)38-22(26,27)28)35(19(36)18(24)25)15-4-8-17(9-5-15)39-23(29,30)31/h4-5,8-12,14,16,18H,2-3,6-7H2,1H3,(H,34,37)/t14-,16-,18-,21+/m0/s1. The van der Waals surface area contributed by atoms with Gasteiger partial charge in [0, 0.05) is 29.7 Å². The predicted octanol–water partition coefficient (Wildman–Crippen LogP) is 5.12. The van der Waals surface area contributed by atoms with E-state index in [4.69, 9.17) is 11.6 Å². The van der Waals surface area contributed by atoms with Crippen LogP contribution in [0.25, 0.3) is 0 Å². The van der Waals surface area contributed by atoms with Crippen molar-refractivity contribution in [3.8, 4) is 5.75 Å². The molecule has 8 nitrogen and oxygen atoms in total. The van der Waals surface area contributed by atoms with Gasteiger partial charge in [0.1, 0.15) is 12.1 Å². The van der Waals surface area contributed by atoms with Gasteiger partial charge >= 0.3 is 12.7 Å². The van der Waals surface area contributed by atoms with Crippen LogP contribution in [0.2, 0.25) is 0 Å². The molecule has 1 N–H and O–H groups in total. The van der Waals surface area contributed by atoms with Crippen LogP contribution in [0.15, 0.2) is 43.0 Å². The number of halogens is 8. The van der Waals surface area contributed by atoms with Crippen LogP contribution in [0.5, 0.6) is 5.75 Å². The van der Waals surface area contributed by atoms with Gasteiger partial charge in [0.15, 0.2) is 5.54 Å². The van der Waals surface area contributed by atoms with Crippen molar-refractivity contribution in [2.45, 2.75) is 68.6 Å². The minimum Gasteiger partial charge on any atom is -0.406 e. The summed E-state index contributed by atoms with van der Waals surface area (Å²) < 4.78 is 97.5. The topological polar surface area (TPSA) is 93.6 Å². The van der Waals surface area contributed by atoms with E-state index >= 15 is 0 Å². The first-order chi connectivity index (χ1) is 18.1. The average molecular weight is 587 g/mol. The molecule has 0 aliphatic heterocycles. The van der Waals surface area contributed by atoms with Gasteiger partial charge in [-0.25, -0.2) is 14.4 Å². The second kappa shape index (κ2) is 11.9. The van der Waals surface area contributed by atoms with Crippen LogP contribution in [-0.4, -0.2) is 52.3 Å². The van der Waals surface area contributed by atoms with Crippen molar-refractivity contribution in [2.24, 2.45) is 0 Å². The fraction of sp³-hybridized carbons (Fsp3) is 0.478. The van der Waals surface area contributed by atoms with Gasteiger partial charge in [0.2, 0.25) is 0 Å². The number of alkyl halides is 8. The van der Waals surface area contributed by atoms with Gasteiger partial charge < -0.3 is 10.1 Å². The lowest BCUT2D eigenvalue weighted by molar-refractivity contribution is -0.345. The number of carbonyl (C=O) groups excluding carboxylic acids is 2. The third-order valence-electron chi connectivity index (χ3n) is 6.06. The highest BCUT2D eigenvalue weighted by Crippen LogP contribution is 2.37. The summed E-state index contributed by atoms with van der Waals surface area (Å²) in [5.74, 6) is -2.96. The van der Waals surface area contributed by atoms with Crippen LogP contribution in [-0.2, 0) is 19.9 Å². The Hall–Kier alpha value is -3.20. The SMILES string of the molecule is C[C@](C(=O)N[C@H]1CC[C@H](OC(F)(F)F)CC1)(c1cncnc1)N(C(=O)[C@H](F)Cl)c1ccc(OC(F)(F)F)cc1. The van der Waals surface area contributed by atoms with Crippen molar-refractivity contribution in [3.63, 3.8) is 0 Å². The quantitative estimate of drug-likeness (QED) is 0.341. The summed E-state index contributed by atoms with van der Waals surface area (Å²) in [7, 11) is 0. The van der Waals surface area contributed by atoms with Crippen LogP contribution in [0.1, 0.15) is 38.2 Å². The number of anilines is 1. The monoisotopic (exact) mass is 586 g/mol. The van der Waals surface area contributed by atoms with E-state index in [0.717, 1.165) is 30.6 Å². The highest BCUT2D eigenvalue weighted by molar-refractivity contribution is 6.32. The number of nitrogens with one attached hydrogen (secondary N) is 1. The minimum absolute atomic E-state index is 0.0159. The lowest BCUT2D eigenvalue weighted by atomic mass is 9.87. The smallest absolute Gasteiger partial charge is 0.406 e. The van der Waals surface area contributed by atoms with Gasteiger partial charge in [-0.1, -0.05) is 11.6 Å². The number of benzene rings is 1. The highest BCUT2D eigenvalue weighted by Gasteiger charge is 2.48. The lowest BCUT2D eigenvalue weighted by Gasteiger charge is -2.41. The summed E-state index contributed by atoms with van der Waals surface area (Å²) in [6, 6.07) is 3.06. The van der Waals surface area contributed by atoms with Gasteiger partial charge in [0.25, 0.3) is 17.4 Å². The Morgan fingerprint density at radius 2 is 1.56 bits per heavy atom. The maximum Gasteiger partial charge on any atom is 0.573 e. The first-order valence-corrected chi connectivity index (χ1v) is 11.8. The van der Waals surface area contributed by atoms with E-state index in [9.17, 15) is 40.3 Å². The average Bonchev–Trinajstić information content (AvgIpc) is 2.84. The molecule has 0 unspecified atom stereocenters. The van der Waals surface area contributed by atoms with E-state index in [2.05, 4.69) is 24.8 Å². The normalized spacial score (nSPS) is 20.4. The Morgan fingerprint density at radius 1 is 1.00 bits per heavy atom. The molecule has 1 aromatic heterocycles. The van der Waals surface area contributed by atoms with Gasteiger partial charge in [0.05, 0.1) is 6.10 Å². The number of carbonyl (C=O) groups is 2. The highest BCUT2D eigenvalue weighted by atomic mass is 35.5. The van der Waals surface area contributed by atoms with Crippen molar-refractivity contribution in [3.05, 3.63) is 48.5 Å². The Labute approximate surface area is 222 Å². The molecule has 214 valence electrons. The molecule has 1 aliphatic carbocycles. The number of nitrogens with zero attached hydrogens (tertiary/aromatic N) is 3. The van der Waals surface area contributed by atoms with E-state index in [1.807, 2.05) is 0 Å². The molecule has 0 bridgehead atoms. The molecule has 2 amide bonds. The van der Waals surface area contributed by atoms with Crippen LogP contribution >= 0.6 is 11.6 Å². The van der Waals surface area contributed by atoms with Crippen molar-refractivity contribution in [1.29, 1.82) is 0 Å². The third kappa shape index (κ3) is 7.91. The van der Waals surface area contributed by atoms with E-state index in [1.54, 1.807) is 0 Å². The zero-order valence-electron chi connectivity index (χ0n) is 20.1. The van der Waals surface area contributed by atoms with Gasteiger partial charge in [-0.3, -0.25) is 19.2 Å². The summed E-state index contributed by atoms with van der Waals surface area (Å²) in [6.07, 6.45) is -7.27. The summed E-state index contributed by atoms with van der Waals surface area (Å²) in [4.78, 5) is 35.1. The van der Waals surface area contributed by atoms with Gasteiger partial charge in [-0.05, 0) is 56.9 Å². The Morgan fingerprint density at radius 3 is 2.05 bits per heavy atom. The molecule has 39 heavy (non-hydrogen) atoms. The Balaban J connectivity index is 1.95. The predicted molar refractivity (Wildman–Crippen MR) is 122 cm³/mol. The van der Waals surface area contributed by atoms with Crippen LogP contribution in [0.4, 0.5) is 36.4 Å². The number of amides is 2. The molecule has 1 aliphatic rings. The molecule has 2 atom stereocenters. The maximum absolute atomic E-state index is 14.2. The molecule has 1 heterocycles. The molecule has 16 heteroatoms. The molecule has 0 saturated heterocycles. The van der Waals surface area contributed by atoms with Crippen molar-refractivity contribution in [1.82, 2.24) is 15.3 Å². The number of ether oxygens (including phenoxy) is 2. The molecule has 1 fully saturated rings. The van der Waals surface area contributed by atoms with Crippen molar-refractivity contribution in [2.75, 3.05) is 4.90 Å². The maximum atomic E-state index is 14.2. The molecule has 3 rings (SSSR count). The van der Waals surface area contributed by atoms with E-state index in [-0.39, 0.29) is 36.9 Å². The van der Waals surface area contributed by atoms with Gasteiger partial charge in [-0.15, -0.1) is 26.3 Å². The first kappa shape index (κ1) is 30.3. The summed E-state index contributed by atoms with van der Waals surface area (Å²) >= 11 is 5.45. The second-order valence-corrected chi connectivity index (χ2v) is 9.11. The van der Waals surface area contributed by atoms with E-state index in [0.29, 0.717) is 4.90 Å². The van der Waals surface area contributed by atoms with Crippen LogP contribution < -0.4 is 15.0 Å². The van der Waals surface area contributed by atoms with Crippen molar-refractivity contribution < 1.29 is 49.8 Å². The summed E-state index contributed by atoms with van der Waals surface area (Å²) in [5.41, 5.74) is -5.01. The minimum atomic E-state index is -5.00. The Kier molecular flexibility index (Phi) is 9.26. The first-order valence-electron chi connectivity index (χ1n) is 11.4. The van der Waals surface area contributed by atoms with Crippen molar-refractivity contribution >= 4 is 29.1 Å². The Bertz CT molecular complexity index is 1130. The molecule has 1 saturated carbocycles. The zero-order valence-corrected chi connectivity index (χ0v) is 20.9. The van der Waals surface area contributed by atoms with Gasteiger partial charge in [-0.2, -0.15) is 0 Å². The molecular formula is C23H22ClF7N4O4. The molecular weight excluding hydrogens is 565 g/mol. The summed E-state index contributed by atoms with van der Waals surface area (Å²) in [6.45, 7) is 1.22. The van der Waals surface area contributed by atoms with Crippen LogP contribution in [0, 0.1) is 0 Å². The number of hydrogen-bond acceptors (Lipinski definition) is 6. The second-order valence-electron chi connectivity index (χ2n) is 8.73. The summed E-state index contributed by atoms with van der Waals surface area (Å²) in [5, 5.41) is 2.66. The molecule has 0 spiro atoms. The lowest BCUT2D eigenvalue weighted by Crippen LogP contribution is -2.60. The molecule has 0 radical (unpaired) electrons. The third-order valence-corrected chi connectivity index (χ3v) is 6.24. The number of aromatic nitrogens is 2. The van der Waals surface area contributed by atoms with E-state index in [1.165, 1.54) is 19.3 Å².